The molecule has 0 saturated heterocycles. The summed E-state index contributed by atoms with van der Waals surface area (Å²) in [7, 11) is 4.62. The van der Waals surface area contributed by atoms with Gasteiger partial charge in [-0.3, -0.25) is 9.59 Å². The Morgan fingerprint density at radius 3 is 2.18 bits per heavy atom. The normalized spacial score (nSPS) is 11.4. The Balaban J connectivity index is 2.08. The van der Waals surface area contributed by atoms with Crippen molar-refractivity contribution in [2.24, 2.45) is 0 Å². The summed E-state index contributed by atoms with van der Waals surface area (Å²) in [5.74, 6) is 0.543. The maximum absolute atomic E-state index is 12.4. The topological polar surface area (TPSA) is 94.1 Å². The molecule has 0 aliphatic rings. The molecular formula is C21H25NO6. The second-order valence-corrected chi connectivity index (χ2v) is 6.17. The monoisotopic (exact) mass is 387 g/mol. The Labute approximate surface area is 164 Å². The van der Waals surface area contributed by atoms with Crippen molar-refractivity contribution in [2.45, 2.75) is 25.3 Å². The summed E-state index contributed by atoms with van der Waals surface area (Å²) < 4.78 is 15.6. The van der Waals surface area contributed by atoms with Gasteiger partial charge in [-0.15, -0.1) is 0 Å². The van der Waals surface area contributed by atoms with Crippen LogP contribution in [0.3, 0.4) is 0 Å². The van der Waals surface area contributed by atoms with Gasteiger partial charge in [0.15, 0.2) is 0 Å². The predicted octanol–water partition coefficient (Wildman–Crippen LogP) is 2.98. The van der Waals surface area contributed by atoms with Crippen molar-refractivity contribution in [3.05, 3.63) is 53.6 Å². The van der Waals surface area contributed by atoms with E-state index in [-0.39, 0.29) is 18.7 Å². The van der Waals surface area contributed by atoms with Crippen LogP contribution in [0.4, 0.5) is 0 Å². The van der Waals surface area contributed by atoms with Crippen molar-refractivity contribution < 1.29 is 28.9 Å². The number of ether oxygens (including phenoxy) is 3. The predicted molar refractivity (Wildman–Crippen MR) is 104 cm³/mol. The molecule has 1 unspecified atom stereocenters. The molecule has 0 aliphatic heterocycles. The quantitative estimate of drug-likeness (QED) is 0.651. The molecule has 0 heterocycles. The third-order valence-corrected chi connectivity index (χ3v) is 4.33. The summed E-state index contributed by atoms with van der Waals surface area (Å²) in [5, 5.41) is 12.1. The van der Waals surface area contributed by atoms with Crippen molar-refractivity contribution in [3.63, 3.8) is 0 Å². The first-order valence-corrected chi connectivity index (χ1v) is 8.82. The van der Waals surface area contributed by atoms with E-state index in [0.717, 1.165) is 11.3 Å². The molecular weight excluding hydrogens is 362 g/mol. The van der Waals surface area contributed by atoms with E-state index >= 15 is 0 Å². The summed E-state index contributed by atoms with van der Waals surface area (Å²) in [4.78, 5) is 23.7. The number of rotatable bonds is 10. The number of methoxy groups -OCH3 is 3. The van der Waals surface area contributed by atoms with Crippen molar-refractivity contribution in [1.82, 2.24) is 5.32 Å². The fourth-order valence-corrected chi connectivity index (χ4v) is 2.84. The second-order valence-electron chi connectivity index (χ2n) is 6.17. The molecule has 150 valence electrons. The molecule has 0 radical (unpaired) electrons. The fraction of sp³-hybridized carbons (Fsp3) is 0.333. The van der Waals surface area contributed by atoms with Gasteiger partial charge in [-0.25, -0.2) is 0 Å². The van der Waals surface area contributed by atoms with E-state index in [1.807, 2.05) is 24.3 Å². The van der Waals surface area contributed by atoms with Crippen molar-refractivity contribution in [2.75, 3.05) is 21.3 Å². The van der Waals surface area contributed by atoms with Crippen LogP contribution in [-0.2, 0) is 16.0 Å². The highest BCUT2D eigenvalue weighted by molar-refractivity contribution is 5.78. The molecule has 7 heteroatoms. The van der Waals surface area contributed by atoms with Gasteiger partial charge in [0.05, 0.1) is 33.8 Å². The van der Waals surface area contributed by atoms with Crippen LogP contribution in [0.2, 0.25) is 0 Å². The van der Waals surface area contributed by atoms with Crippen molar-refractivity contribution >= 4 is 11.9 Å². The summed E-state index contributed by atoms with van der Waals surface area (Å²) in [6.45, 7) is 0. The molecule has 0 fully saturated rings. The zero-order chi connectivity index (χ0) is 20.5. The summed E-state index contributed by atoms with van der Waals surface area (Å²) >= 11 is 0. The van der Waals surface area contributed by atoms with Gasteiger partial charge in [-0.05, 0) is 36.2 Å². The number of carbonyl (C=O) groups excluding carboxylic acids is 1. The highest BCUT2D eigenvalue weighted by atomic mass is 16.5. The minimum atomic E-state index is -1.02. The van der Waals surface area contributed by atoms with E-state index in [0.29, 0.717) is 23.5 Å². The molecule has 2 aromatic carbocycles. The molecule has 0 saturated carbocycles. The van der Waals surface area contributed by atoms with Crippen LogP contribution in [-0.4, -0.2) is 38.3 Å². The van der Waals surface area contributed by atoms with Gasteiger partial charge in [-0.1, -0.05) is 12.1 Å². The third kappa shape index (κ3) is 5.90. The molecule has 28 heavy (non-hydrogen) atoms. The Bertz CT molecular complexity index is 803. The fourth-order valence-electron chi connectivity index (χ4n) is 2.84. The molecule has 0 spiro atoms. The molecule has 0 aromatic heterocycles. The lowest BCUT2D eigenvalue weighted by atomic mass is 10.0. The van der Waals surface area contributed by atoms with Crippen molar-refractivity contribution in [1.29, 1.82) is 0 Å². The SMILES string of the molecule is COc1ccc(CCC(=O)NC(CC(=O)O)c2ccc(OC)cc2OC)cc1. The third-order valence-electron chi connectivity index (χ3n) is 4.33. The van der Waals surface area contributed by atoms with E-state index in [9.17, 15) is 14.7 Å². The highest BCUT2D eigenvalue weighted by Gasteiger charge is 2.22. The molecule has 2 aromatic rings. The first-order chi connectivity index (χ1) is 13.5. The van der Waals surface area contributed by atoms with Crippen LogP contribution in [0, 0.1) is 0 Å². The molecule has 1 atom stereocenters. The Morgan fingerprint density at radius 1 is 0.964 bits per heavy atom. The standard InChI is InChI=1S/C21H25NO6/c1-26-15-7-4-14(5-8-15)6-11-20(23)22-18(13-21(24)25)17-10-9-16(27-2)12-19(17)28-3/h4-5,7-10,12,18H,6,11,13H2,1-3H3,(H,22,23)(H,24,25). The zero-order valence-electron chi connectivity index (χ0n) is 16.2. The molecule has 1 amide bonds. The smallest absolute Gasteiger partial charge is 0.305 e. The average Bonchev–Trinajstić information content (AvgIpc) is 2.71. The summed E-state index contributed by atoms with van der Waals surface area (Å²) in [5.41, 5.74) is 1.58. The summed E-state index contributed by atoms with van der Waals surface area (Å²) in [6.07, 6.45) is 0.521. The minimum absolute atomic E-state index is 0.236. The number of nitrogens with one attached hydrogen (secondary N) is 1. The van der Waals surface area contributed by atoms with Crippen molar-refractivity contribution in [3.8, 4) is 17.2 Å². The molecule has 7 nitrogen and oxygen atoms in total. The number of aliphatic carboxylic acids is 1. The number of hydrogen-bond donors (Lipinski definition) is 2. The van der Waals surface area contributed by atoms with E-state index < -0.39 is 12.0 Å². The number of carbonyl (C=O) groups is 2. The van der Waals surface area contributed by atoms with Gasteiger partial charge in [0.2, 0.25) is 5.91 Å². The first-order valence-electron chi connectivity index (χ1n) is 8.82. The minimum Gasteiger partial charge on any atom is -0.497 e. The molecule has 2 N–H and O–H groups in total. The van der Waals surface area contributed by atoms with Gasteiger partial charge in [0.25, 0.3) is 0 Å². The number of carboxylic acid groups (broad SMARTS) is 1. The summed E-state index contributed by atoms with van der Waals surface area (Å²) in [6, 6.07) is 11.8. The number of aryl methyl sites for hydroxylation is 1. The van der Waals surface area contributed by atoms with Crippen LogP contribution < -0.4 is 19.5 Å². The van der Waals surface area contributed by atoms with E-state index in [1.54, 1.807) is 25.3 Å². The van der Waals surface area contributed by atoms with Crippen LogP contribution >= 0.6 is 0 Å². The van der Waals surface area contributed by atoms with Gasteiger partial charge in [0.1, 0.15) is 17.2 Å². The number of hydrogen-bond acceptors (Lipinski definition) is 5. The lowest BCUT2D eigenvalue weighted by Crippen LogP contribution is -2.30. The molecule has 0 bridgehead atoms. The van der Waals surface area contributed by atoms with Gasteiger partial charge in [-0.2, -0.15) is 0 Å². The van der Waals surface area contributed by atoms with E-state index in [4.69, 9.17) is 14.2 Å². The van der Waals surface area contributed by atoms with Gasteiger partial charge in [0, 0.05) is 18.1 Å². The average molecular weight is 387 g/mol. The largest absolute Gasteiger partial charge is 0.497 e. The number of amides is 1. The Kier molecular flexibility index (Phi) is 7.68. The molecule has 0 aliphatic carbocycles. The zero-order valence-corrected chi connectivity index (χ0v) is 16.2. The van der Waals surface area contributed by atoms with Crippen LogP contribution in [0.25, 0.3) is 0 Å². The number of carboxylic acids is 1. The Morgan fingerprint density at radius 2 is 1.61 bits per heavy atom. The van der Waals surface area contributed by atoms with Crippen LogP contribution in [0.5, 0.6) is 17.2 Å². The maximum atomic E-state index is 12.4. The van der Waals surface area contributed by atoms with Gasteiger partial charge < -0.3 is 24.6 Å². The molecule has 2 rings (SSSR count). The first kappa shape index (κ1) is 21.1. The van der Waals surface area contributed by atoms with E-state index in [1.165, 1.54) is 14.2 Å². The van der Waals surface area contributed by atoms with Crippen LogP contribution in [0.1, 0.15) is 30.0 Å². The number of benzene rings is 2. The van der Waals surface area contributed by atoms with Crippen LogP contribution in [0.15, 0.2) is 42.5 Å². The van der Waals surface area contributed by atoms with Gasteiger partial charge >= 0.3 is 5.97 Å². The maximum Gasteiger partial charge on any atom is 0.305 e. The lowest BCUT2D eigenvalue weighted by molar-refractivity contribution is -0.137. The lowest BCUT2D eigenvalue weighted by Gasteiger charge is -2.20. The highest BCUT2D eigenvalue weighted by Crippen LogP contribution is 2.31. The second kappa shape index (κ2) is 10.2. The van der Waals surface area contributed by atoms with E-state index in [2.05, 4.69) is 5.32 Å². The Hall–Kier alpha value is -3.22.